The van der Waals surface area contributed by atoms with Gasteiger partial charge in [0.2, 0.25) is 0 Å². The number of hydrogen-bond acceptors (Lipinski definition) is 0. The van der Waals surface area contributed by atoms with Crippen molar-refractivity contribution in [1.29, 1.82) is 0 Å². The van der Waals surface area contributed by atoms with Crippen LogP contribution in [0, 0.1) is 17.8 Å². The van der Waals surface area contributed by atoms with Crippen molar-refractivity contribution in [2.24, 2.45) is 17.8 Å². The van der Waals surface area contributed by atoms with E-state index in [0.717, 1.165) is 17.8 Å². The molecule has 0 N–H and O–H groups in total. The Kier molecular flexibility index (Phi) is 6.36. The third kappa shape index (κ3) is 4.17. The molecule has 2 rings (SSSR count). The van der Waals surface area contributed by atoms with Gasteiger partial charge in [-0.25, -0.2) is 0 Å². The highest BCUT2D eigenvalue weighted by Gasteiger charge is 2.31. The van der Waals surface area contributed by atoms with Gasteiger partial charge >= 0.3 is 0 Å². The quantitative estimate of drug-likeness (QED) is 0.542. The average molecular weight is 210 g/mol. The van der Waals surface area contributed by atoms with Gasteiger partial charge in [-0.3, -0.25) is 0 Å². The maximum absolute atomic E-state index is 2.48. The zero-order chi connectivity index (χ0) is 11.1. The minimum atomic E-state index is 1.05. The molecule has 2 unspecified atom stereocenters. The first kappa shape index (κ1) is 13.1. The van der Waals surface area contributed by atoms with E-state index in [2.05, 4.69) is 20.8 Å². The lowest BCUT2D eigenvalue weighted by Crippen LogP contribution is -2.19. The molecule has 2 aliphatic carbocycles. The average Bonchev–Trinajstić information content (AvgIpc) is 2.67. The fourth-order valence-corrected chi connectivity index (χ4v) is 3.44. The van der Waals surface area contributed by atoms with E-state index >= 15 is 0 Å². The zero-order valence-electron chi connectivity index (χ0n) is 11.1. The summed E-state index contributed by atoms with van der Waals surface area (Å²) in [7, 11) is 0. The molecule has 0 saturated heterocycles. The minimum Gasteiger partial charge on any atom is -0.0656 e. The summed E-state index contributed by atoms with van der Waals surface area (Å²) in [5.41, 5.74) is 0. The minimum absolute atomic E-state index is 1.05. The molecule has 0 aromatic rings. The predicted molar refractivity (Wildman–Crippen MR) is 69.0 cm³/mol. The molecule has 0 amide bonds. The number of hydrogen-bond donors (Lipinski definition) is 0. The standard InChI is InChI=1S/C12H22.C3H8/c1-10-6-5-9-12(10)11-7-3-2-4-8-11;1-3-2/h10-12H,2-9H2,1H3;3H2,1-2H3. The molecular formula is C15H30. The molecule has 0 bridgehead atoms. The van der Waals surface area contributed by atoms with Crippen LogP contribution in [0.1, 0.15) is 78.6 Å². The molecule has 0 aliphatic heterocycles. The summed E-state index contributed by atoms with van der Waals surface area (Å²) in [4.78, 5) is 0. The predicted octanol–water partition coefficient (Wildman–Crippen LogP) is 5.42. The first-order chi connectivity index (χ1) is 7.29. The van der Waals surface area contributed by atoms with E-state index < -0.39 is 0 Å². The van der Waals surface area contributed by atoms with Gasteiger partial charge in [0.15, 0.2) is 0 Å². The number of rotatable bonds is 1. The van der Waals surface area contributed by atoms with Gasteiger partial charge < -0.3 is 0 Å². The van der Waals surface area contributed by atoms with Crippen LogP contribution in [0.15, 0.2) is 0 Å². The van der Waals surface area contributed by atoms with E-state index in [1.807, 2.05) is 0 Å². The lowest BCUT2D eigenvalue weighted by atomic mass is 9.76. The van der Waals surface area contributed by atoms with E-state index in [1.165, 1.54) is 38.5 Å². The molecule has 2 aliphatic rings. The second-order valence-corrected chi connectivity index (χ2v) is 5.68. The van der Waals surface area contributed by atoms with Gasteiger partial charge in [-0.05, 0) is 24.2 Å². The topological polar surface area (TPSA) is 0 Å². The summed E-state index contributed by atoms with van der Waals surface area (Å²) in [6, 6.07) is 0. The van der Waals surface area contributed by atoms with E-state index in [4.69, 9.17) is 0 Å². The third-order valence-corrected chi connectivity index (χ3v) is 4.18. The molecule has 0 spiro atoms. The molecule has 0 aromatic carbocycles. The monoisotopic (exact) mass is 210 g/mol. The van der Waals surface area contributed by atoms with Crippen LogP contribution < -0.4 is 0 Å². The van der Waals surface area contributed by atoms with Gasteiger partial charge in [0.1, 0.15) is 0 Å². The fourth-order valence-electron chi connectivity index (χ4n) is 3.44. The van der Waals surface area contributed by atoms with Gasteiger partial charge in [0.05, 0.1) is 0 Å². The molecule has 0 heteroatoms. The Labute approximate surface area is 96.8 Å². The molecule has 0 heterocycles. The van der Waals surface area contributed by atoms with Crippen LogP contribution >= 0.6 is 0 Å². The summed E-state index contributed by atoms with van der Waals surface area (Å²) in [6.07, 6.45) is 13.5. The van der Waals surface area contributed by atoms with Crippen LogP contribution in [0.5, 0.6) is 0 Å². The Balaban J connectivity index is 0.000000337. The van der Waals surface area contributed by atoms with E-state index in [0.29, 0.717) is 0 Å². The van der Waals surface area contributed by atoms with Crippen molar-refractivity contribution < 1.29 is 0 Å². The molecule has 0 nitrogen and oxygen atoms in total. The molecule has 2 saturated carbocycles. The smallest absolute Gasteiger partial charge is 0.0360 e. The SMILES string of the molecule is CC1CCCC1C1CCCCC1.CCC. The zero-order valence-corrected chi connectivity index (χ0v) is 11.1. The van der Waals surface area contributed by atoms with Crippen LogP contribution in [0.25, 0.3) is 0 Å². The maximum Gasteiger partial charge on any atom is -0.0360 e. The summed E-state index contributed by atoms with van der Waals surface area (Å²) < 4.78 is 0. The first-order valence-corrected chi connectivity index (χ1v) is 7.29. The second kappa shape index (κ2) is 7.30. The van der Waals surface area contributed by atoms with Crippen molar-refractivity contribution in [3.05, 3.63) is 0 Å². The van der Waals surface area contributed by atoms with Crippen LogP contribution in [0.3, 0.4) is 0 Å². The van der Waals surface area contributed by atoms with Crippen LogP contribution in [0.4, 0.5) is 0 Å². The molecule has 0 radical (unpaired) electrons. The van der Waals surface area contributed by atoms with E-state index in [1.54, 1.807) is 19.3 Å². The molecule has 0 aromatic heterocycles. The first-order valence-electron chi connectivity index (χ1n) is 7.29. The van der Waals surface area contributed by atoms with Gasteiger partial charge in [0, 0.05) is 0 Å². The molecule has 90 valence electrons. The Morgan fingerprint density at radius 2 is 1.40 bits per heavy atom. The van der Waals surface area contributed by atoms with Gasteiger partial charge in [0.25, 0.3) is 0 Å². The molecular weight excluding hydrogens is 180 g/mol. The lowest BCUT2D eigenvalue weighted by Gasteiger charge is -2.30. The van der Waals surface area contributed by atoms with Crippen LogP contribution in [0.2, 0.25) is 0 Å². The van der Waals surface area contributed by atoms with Crippen molar-refractivity contribution in [2.45, 2.75) is 78.6 Å². The second-order valence-electron chi connectivity index (χ2n) is 5.68. The largest absolute Gasteiger partial charge is 0.0656 e. The van der Waals surface area contributed by atoms with Gasteiger partial charge in [-0.2, -0.15) is 0 Å². The highest BCUT2D eigenvalue weighted by atomic mass is 14.4. The summed E-state index contributed by atoms with van der Waals surface area (Å²) in [5.74, 6) is 3.29. The maximum atomic E-state index is 2.48. The summed E-state index contributed by atoms with van der Waals surface area (Å²) >= 11 is 0. The van der Waals surface area contributed by atoms with Crippen molar-refractivity contribution in [2.75, 3.05) is 0 Å². The van der Waals surface area contributed by atoms with Crippen molar-refractivity contribution >= 4 is 0 Å². The van der Waals surface area contributed by atoms with E-state index in [-0.39, 0.29) is 0 Å². The van der Waals surface area contributed by atoms with Crippen LogP contribution in [-0.2, 0) is 0 Å². The fraction of sp³-hybridized carbons (Fsp3) is 1.00. The highest BCUT2D eigenvalue weighted by molar-refractivity contribution is 4.82. The highest BCUT2D eigenvalue weighted by Crippen LogP contribution is 2.42. The van der Waals surface area contributed by atoms with Gasteiger partial charge in [-0.15, -0.1) is 0 Å². The van der Waals surface area contributed by atoms with Gasteiger partial charge in [-0.1, -0.05) is 72.1 Å². The lowest BCUT2D eigenvalue weighted by molar-refractivity contribution is 0.211. The summed E-state index contributed by atoms with van der Waals surface area (Å²) in [6.45, 7) is 6.73. The Bertz CT molecular complexity index is 144. The third-order valence-electron chi connectivity index (χ3n) is 4.18. The van der Waals surface area contributed by atoms with Crippen molar-refractivity contribution in [3.8, 4) is 0 Å². The Morgan fingerprint density at radius 3 is 1.87 bits per heavy atom. The Hall–Kier alpha value is 0. The normalized spacial score (nSPS) is 32.2. The van der Waals surface area contributed by atoms with E-state index in [9.17, 15) is 0 Å². The summed E-state index contributed by atoms with van der Waals surface area (Å²) in [5, 5.41) is 0. The van der Waals surface area contributed by atoms with Crippen molar-refractivity contribution in [1.82, 2.24) is 0 Å². The van der Waals surface area contributed by atoms with Crippen LogP contribution in [-0.4, -0.2) is 0 Å². The molecule has 2 atom stereocenters. The molecule has 2 fully saturated rings. The Morgan fingerprint density at radius 1 is 0.800 bits per heavy atom. The van der Waals surface area contributed by atoms with Crippen molar-refractivity contribution in [3.63, 3.8) is 0 Å². The molecule has 15 heavy (non-hydrogen) atoms.